The van der Waals surface area contributed by atoms with Gasteiger partial charge in [-0.05, 0) is 17.7 Å². The Balaban J connectivity index is 0.00000192. The topological polar surface area (TPSA) is 43.0 Å². The zero-order valence-electron chi connectivity index (χ0n) is 12.5. The predicted octanol–water partition coefficient (Wildman–Crippen LogP) is 2.35. The SMILES string of the molecule is COc1cc([C@@H](N2CCNCC2)C(F)(F)F)cc2c1OCO2.Cl. The standard InChI is InChI=1S/C14H17F3N2O3.ClH/c1-20-10-6-9(7-11-12(10)22-8-21-11)13(14(15,16)17)19-4-2-18-3-5-19;/h6-7,13,18H,2-5,8H2,1H3;1H/t13-;/m1./s1. The van der Waals surface area contributed by atoms with E-state index >= 15 is 0 Å². The highest BCUT2D eigenvalue weighted by atomic mass is 35.5. The van der Waals surface area contributed by atoms with Gasteiger partial charge in [0.1, 0.15) is 6.04 Å². The number of rotatable bonds is 3. The maximum atomic E-state index is 13.6. The molecule has 1 fully saturated rings. The fourth-order valence-electron chi connectivity index (χ4n) is 2.85. The van der Waals surface area contributed by atoms with E-state index in [1.54, 1.807) is 0 Å². The van der Waals surface area contributed by atoms with E-state index in [9.17, 15) is 13.2 Å². The summed E-state index contributed by atoms with van der Waals surface area (Å²) in [6.07, 6.45) is -4.38. The number of nitrogens with zero attached hydrogens (tertiary/aromatic N) is 1. The van der Waals surface area contributed by atoms with Gasteiger partial charge >= 0.3 is 6.18 Å². The molecule has 1 aromatic rings. The molecule has 1 atom stereocenters. The van der Waals surface area contributed by atoms with Crippen molar-refractivity contribution in [3.05, 3.63) is 17.7 Å². The van der Waals surface area contributed by atoms with E-state index in [1.165, 1.54) is 24.1 Å². The number of fused-ring (bicyclic) bond motifs is 1. The summed E-state index contributed by atoms with van der Waals surface area (Å²) in [5.74, 6) is 0.903. The Hall–Kier alpha value is -1.38. The highest BCUT2D eigenvalue weighted by molar-refractivity contribution is 5.85. The minimum atomic E-state index is -4.38. The van der Waals surface area contributed by atoms with Crippen molar-refractivity contribution in [3.63, 3.8) is 0 Å². The van der Waals surface area contributed by atoms with Gasteiger partial charge in [-0.2, -0.15) is 13.2 Å². The third kappa shape index (κ3) is 3.59. The molecule has 0 aliphatic carbocycles. The lowest BCUT2D eigenvalue weighted by molar-refractivity contribution is -0.187. The van der Waals surface area contributed by atoms with Gasteiger partial charge < -0.3 is 19.5 Å². The highest BCUT2D eigenvalue weighted by Gasteiger charge is 2.45. The van der Waals surface area contributed by atoms with Crippen molar-refractivity contribution in [1.82, 2.24) is 10.2 Å². The quantitative estimate of drug-likeness (QED) is 0.902. The Kier molecular flexibility index (Phi) is 5.49. The smallest absolute Gasteiger partial charge is 0.408 e. The van der Waals surface area contributed by atoms with E-state index in [-0.39, 0.29) is 30.5 Å². The van der Waals surface area contributed by atoms with Crippen LogP contribution in [0.3, 0.4) is 0 Å². The van der Waals surface area contributed by atoms with Gasteiger partial charge in [0.05, 0.1) is 7.11 Å². The second-order valence-corrected chi connectivity index (χ2v) is 5.19. The summed E-state index contributed by atoms with van der Waals surface area (Å²) in [5.41, 5.74) is 0.107. The van der Waals surface area contributed by atoms with Crippen LogP contribution in [0.4, 0.5) is 13.2 Å². The summed E-state index contributed by atoms with van der Waals surface area (Å²) in [6, 6.07) is 1.09. The van der Waals surface area contributed by atoms with Gasteiger partial charge in [-0.25, -0.2) is 0 Å². The molecule has 23 heavy (non-hydrogen) atoms. The summed E-state index contributed by atoms with van der Waals surface area (Å²) in [5, 5.41) is 3.06. The summed E-state index contributed by atoms with van der Waals surface area (Å²) < 4.78 is 56.4. The lowest BCUT2D eigenvalue weighted by Gasteiger charge is -2.36. The van der Waals surface area contributed by atoms with Crippen LogP contribution in [0.5, 0.6) is 17.2 Å². The van der Waals surface area contributed by atoms with Gasteiger partial charge in [-0.15, -0.1) is 12.4 Å². The van der Waals surface area contributed by atoms with Crippen molar-refractivity contribution in [2.75, 3.05) is 40.1 Å². The predicted molar refractivity (Wildman–Crippen MR) is 79.6 cm³/mol. The van der Waals surface area contributed by atoms with Gasteiger partial charge in [0.15, 0.2) is 11.5 Å². The third-order valence-corrected chi connectivity index (χ3v) is 3.82. The van der Waals surface area contributed by atoms with Crippen molar-refractivity contribution in [1.29, 1.82) is 0 Å². The van der Waals surface area contributed by atoms with Gasteiger partial charge in [0, 0.05) is 26.2 Å². The zero-order chi connectivity index (χ0) is 15.7. The van der Waals surface area contributed by atoms with Crippen LogP contribution in [-0.2, 0) is 0 Å². The largest absolute Gasteiger partial charge is 0.493 e. The van der Waals surface area contributed by atoms with Crippen molar-refractivity contribution < 1.29 is 27.4 Å². The molecule has 0 unspecified atom stereocenters. The Morgan fingerprint density at radius 2 is 1.91 bits per heavy atom. The van der Waals surface area contributed by atoms with E-state index in [1.807, 2.05) is 0 Å². The zero-order valence-corrected chi connectivity index (χ0v) is 13.3. The van der Waals surface area contributed by atoms with Crippen LogP contribution in [0, 0.1) is 0 Å². The van der Waals surface area contributed by atoms with Crippen LogP contribution in [0.15, 0.2) is 12.1 Å². The normalized spacial score (nSPS) is 19.1. The number of hydrogen-bond donors (Lipinski definition) is 1. The molecule has 2 heterocycles. The molecule has 0 aromatic heterocycles. The van der Waals surface area contributed by atoms with Crippen molar-refractivity contribution in [2.24, 2.45) is 0 Å². The number of alkyl halides is 3. The number of hydrogen-bond acceptors (Lipinski definition) is 5. The molecule has 1 aromatic carbocycles. The van der Waals surface area contributed by atoms with Crippen LogP contribution < -0.4 is 19.5 Å². The van der Waals surface area contributed by atoms with Crippen molar-refractivity contribution in [2.45, 2.75) is 12.2 Å². The van der Waals surface area contributed by atoms with Crippen LogP contribution in [0.1, 0.15) is 11.6 Å². The molecule has 0 spiro atoms. The molecular weight excluding hydrogens is 337 g/mol. The molecule has 0 saturated carbocycles. The van der Waals surface area contributed by atoms with Crippen LogP contribution in [0.2, 0.25) is 0 Å². The number of ether oxygens (including phenoxy) is 3. The number of halogens is 4. The second-order valence-electron chi connectivity index (χ2n) is 5.19. The molecule has 3 rings (SSSR count). The first kappa shape index (κ1) is 18.0. The van der Waals surface area contributed by atoms with Gasteiger partial charge in [0.2, 0.25) is 12.5 Å². The maximum Gasteiger partial charge on any atom is 0.408 e. The summed E-state index contributed by atoms with van der Waals surface area (Å²) in [4.78, 5) is 1.42. The van der Waals surface area contributed by atoms with Crippen LogP contribution in [0.25, 0.3) is 0 Å². The average Bonchev–Trinajstić information content (AvgIpc) is 2.94. The van der Waals surface area contributed by atoms with E-state index in [4.69, 9.17) is 14.2 Å². The Labute approximate surface area is 138 Å². The summed E-state index contributed by atoms with van der Waals surface area (Å²) in [7, 11) is 1.40. The molecule has 1 saturated heterocycles. The Bertz CT molecular complexity index is 551. The van der Waals surface area contributed by atoms with Crippen molar-refractivity contribution in [3.8, 4) is 17.2 Å². The first-order valence-electron chi connectivity index (χ1n) is 6.99. The van der Waals surface area contributed by atoms with E-state index in [0.717, 1.165) is 0 Å². The Morgan fingerprint density at radius 3 is 2.52 bits per heavy atom. The second kappa shape index (κ2) is 7.02. The molecule has 0 radical (unpaired) electrons. The summed E-state index contributed by atoms with van der Waals surface area (Å²) >= 11 is 0. The Morgan fingerprint density at radius 1 is 1.22 bits per heavy atom. The molecule has 2 aliphatic heterocycles. The van der Waals surface area contributed by atoms with Crippen molar-refractivity contribution >= 4 is 12.4 Å². The number of methoxy groups -OCH3 is 1. The lowest BCUT2D eigenvalue weighted by atomic mass is 10.0. The molecule has 5 nitrogen and oxygen atoms in total. The molecule has 9 heteroatoms. The number of benzene rings is 1. The minimum Gasteiger partial charge on any atom is -0.493 e. The van der Waals surface area contributed by atoms with Gasteiger partial charge in [-0.1, -0.05) is 0 Å². The fraction of sp³-hybridized carbons (Fsp3) is 0.571. The number of nitrogens with one attached hydrogen (secondary N) is 1. The first-order chi connectivity index (χ1) is 10.5. The fourth-order valence-corrected chi connectivity index (χ4v) is 2.85. The van der Waals surface area contributed by atoms with Gasteiger partial charge in [-0.3, -0.25) is 4.90 Å². The number of piperazine rings is 1. The molecule has 0 bridgehead atoms. The van der Waals surface area contributed by atoms with E-state index in [2.05, 4.69) is 5.32 Å². The molecule has 130 valence electrons. The average molecular weight is 355 g/mol. The molecule has 2 aliphatic rings. The van der Waals surface area contributed by atoms with Crippen LogP contribution >= 0.6 is 12.4 Å². The first-order valence-corrected chi connectivity index (χ1v) is 6.99. The van der Waals surface area contributed by atoms with Crippen LogP contribution in [-0.4, -0.2) is 51.2 Å². The van der Waals surface area contributed by atoms with E-state index in [0.29, 0.717) is 37.7 Å². The monoisotopic (exact) mass is 354 g/mol. The molecule has 0 amide bonds. The third-order valence-electron chi connectivity index (χ3n) is 3.82. The minimum absolute atomic E-state index is 0. The maximum absolute atomic E-state index is 13.6. The highest BCUT2D eigenvalue weighted by Crippen LogP contribution is 2.46. The van der Waals surface area contributed by atoms with E-state index < -0.39 is 12.2 Å². The van der Waals surface area contributed by atoms with Gasteiger partial charge in [0.25, 0.3) is 0 Å². The molecule has 1 N–H and O–H groups in total. The molecular formula is C14H18ClF3N2O3. The lowest BCUT2D eigenvalue weighted by Crippen LogP contribution is -2.49. The summed E-state index contributed by atoms with van der Waals surface area (Å²) in [6.45, 7) is 1.73.